The molecule has 0 spiro atoms. The summed E-state index contributed by atoms with van der Waals surface area (Å²) in [7, 11) is 1.78. The Kier molecular flexibility index (Phi) is 5.40. The van der Waals surface area contributed by atoms with Crippen LogP contribution in [-0.2, 0) is 4.79 Å². The van der Waals surface area contributed by atoms with Gasteiger partial charge in [0.2, 0.25) is 5.91 Å². The van der Waals surface area contributed by atoms with Gasteiger partial charge in [-0.1, -0.05) is 42.0 Å². The second-order valence-corrected chi connectivity index (χ2v) is 7.01. The van der Waals surface area contributed by atoms with E-state index in [2.05, 4.69) is 0 Å². The second-order valence-electron chi connectivity index (χ2n) is 7.01. The van der Waals surface area contributed by atoms with Crippen molar-refractivity contribution in [2.75, 3.05) is 13.6 Å². The molecule has 3 rings (SSSR count). The van der Waals surface area contributed by atoms with Gasteiger partial charge in [-0.05, 0) is 38.0 Å². The lowest BCUT2D eigenvalue weighted by molar-refractivity contribution is -0.132. The van der Waals surface area contributed by atoms with E-state index in [-0.39, 0.29) is 30.3 Å². The lowest BCUT2D eigenvalue weighted by atomic mass is 10.1. The van der Waals surface area contributed by atoms with Gasteiger partial charge < -0.3 is 4.90 Å². The van der Waals surface area contributed by atoms with Crippen LogP contribution >= 0.6 is 0 Å². The maximum absolute atomic E-state index is 12.5. The number of hydrogen-bond donors (Lipinski definition) is 0. The number of imide groups is 1. The molecule has 0 aliphatic carbocycles. The summed E-state index contributed by atoms with van der Waals surface area (Å²) in [5, 5.41) is 0. The SMILES string of the molecule is Cc1ccc2c(c1)C(=O)N(CCCC(=O)N(C)C(C)c1ccccc1)C2=O. The lowest BCUT2D eigenvalue weighted by Gasteiger charge is -2.25. The van der Waals surface area contributed by atoms with Crippen LogP contribution in [-0.4, -0.2) is 41.1 Å². The average molecular weight is 364 g/mol. The molecule has 5 nitrogen and oxygen atoms in total. The number of fused-ring (bicyclic) bond motifs is 1. The van der Waals surface area contributed by atoms with Crippen molar-refractivity contribution < 1.29 is 14.4 Å². The number of benzene rings is 2. The normalized spacial score (nSPS) is 14.3. The third-order valence-corrected chi connectivity index (χ3v) is 5.15. The molecule has 140 valence electrons. The zero-order valence-corrected chi connectivity index (χ0v) is 15.9. The fourth-order valence-electron chi connectivity index (χ4n) is 3.34. The van der Waals surface area contributed by atoms with E-state index in [1.807, 2.05) is 50.2 Å². The molecule has 1 heterocycles. The second kappa shape index (κ2) is 7.74. The lowest BCUT2D eigenvalue weighted by Crippen LogP contribution is -2.33. The minimum absolute atomic E-state index is 0.00111. The number of nitrogens with zero attached hydrogens (tertiary/aromatic N) is 2. The highest BCUT2D eigenvalue weighted by molar-refractivity contribution is 6.21. The Balaban J connectivity index is 1.56. The molecule has 1 unspecified atom stereocenters. The summed E-state index contributed by atoms with van der Waals surface area (Å²) in [6.45, 7) is 4.13. The first-order valence-electron chi connectivity index (χ1n) is 9.17. The van der Waals surface area contributed by atoms with Crippen molar-refractivity contribution in [3.05, 3.63) is 70.8 Å². The summed E-state index contributed by atoms with van der Waals surface area (Å²) in [6.07, 6.45) is 0.745. The van der Waals surface area contributed by atoms with Gasteiger partial charge >= 0.3 is 0 Å². The van der Waals surface area contributed by atoms with Gasteiger partial charge in [0.1, 0.15) is 0 Å². The van der Waals surface area contributed by atoms with Gasteiger partial charge in [-0.2, -0.15) is 0 Å². The monoisotopic (exact) mass is 364 g/mol. The van der Waals surface area contributed by atoms with Crippen molar-refractivity contribution in [3.8, 4) is 0 Å². The molecule has 2 aromatic carbocycles. The van der Waals surface area contributed by atoms with Crippen LogP contribution in [0, 0.1) is 6.92 Å². The molecular weight excluding hydrogens is 340 g/mol. The highest BCUT2D eigenvalue weighted by Gasteiger charge is 2.35. The number of amides is 3. The van der Waals surface area contributed by atoms with Gasteiger partial charge in [-0.25, -0.2) is 0 Å². The molecule has 0 N–H and O–H groups in total. The van der Waals surface area contributed by atoms with E-state index in [1.165, 1.54) is 4.90 Å². The standard InChI is InChI=1S/C22H24N2O3/c1-15-11-12-18-19(14-15)22(27)24(21(18)26)13-7-10-20(25)23(3)16(2)17-8-5-4-6-9-17/h4-6,8-9,11-12,14,16H,7,10,13H2,1-3H3. The molecule has 5 heteroatoms. The Morgan fingerprint density at radius 3 is 2.41 bits per heavy atom. The molecule has 0 aromatic heterocycles. The molecule has 0 saturated carbocycles. The molecule has 27 heavy (non-hydrogen) atoms. The maximum atomic E-state index is 12.5. The van der Waals surface area contributed by atoms with Crippen molar-refractivity contribution in [1.29, 1.82) is 0 Å². The van der Waals surface area contributed by atoms with Crippen LogP contribution in [0.25, 0.3) is 0 Å². The molecule has 1 aliphatic rings. The Hall–Kier alpha value is -2.95. The van der Waals surface area contributed by atoms with Crippen molar-refractivity contribution in [2.45, 2.75) is 32.7 Å². The zero-order chi connectivity index (χ0) is 19.6. The van der Waals surface area contributed by atoms with Crippen LogP contribution in [0.4, 0.5) is 0 Å². The summed E-state index contributed by atoms with van der Waals surface area (Å²) in [6, 6.07) is 15.1. The summed E-state index contributed by atoms with van der Waals surface area (Å²) in [5.41, 5.74) is 2.93. The van der Waals surface area contributed by atoms with E-state index >= 15 is 0 Å². The van der Waals surface area contributed by atoms with Crippen LogP contribution < -0.4 is 0 Å². The molecule has 0 radical (unpaired) electrons. The third-order valence-electron chi connectivity index (χ3n) is 5.15. The van der Waals surface area contributed by atoms with Crippen molar-refractivity contribution in [3.63, 3.8) is 0 Å². The number of rotatable bonds is 6. The Morgan fingerprint density at radius 1 is 1.04 bits per heavy atom. The largest absolute Gasteiger partial charge is 0.339 e. The molecule has 0 fully saturated rings. The van der Waals surface area contributed by atoms with Crippen molar-refractivity contribution >= 4 is 17.7 Å². The summed E-state index contributed by atoms with van der Waals surface area (Å²) >= 11 is 0. The van der Waals surface area contributed by atoms with Gasteiger partial charge in [0.25, 0.3) is 11.8 Å². The van der Waals surface area contributed by atoms with E-state index < -0.39 is 0 Å². The minimum Gasteiger partial charge on any atom is -0.339 e. The summed E-state index contributed by atoms with van der Waals surface area (Å²) in [4.78, 5) is 40.4. The molecule has 3 amide bonds. The summed E-state index contributed by atoms with van der Waals surface area (Å²) < 4.78 is 0. The van der Waals surface area contributed by atoms with Crippen LogP contribution in [0.1, 0.15) is 57.7 Å². The number of hydrogen-bond acceptors (Lipinski definition) is 3. The molecular formula is C22H24N2O3. The van der Waals surface area contributed by atoms with E-state index in [0.29, 0.717) is 24.0 Å². The smallest absolute Gasteiger partial charge is 0.261 e. The van der Waals surface area contributed by atoms with E-state index in [9.17, 15) is 14.4 Å². The fraction of sp³-hybridized carbons (Fsp3) is 0.318. The zero-order valence-electron chi connectivity index (χ0n) is 15.9. The highest BCUT2D eigenvalue weighted by atomic mass is 16.2. The number of aryl methyl sites for hydroxylation is 1. The van der Waals surface area contributed by atoms with Gasteiger partial charge in [0, 0.05) is 20.0 Å². The first-order valence-corrected chi connectivity index (χ1v) is 9.17. The molecule has 2 aromatic rings. The van der Waals surface area contributed by atoms with Crippen LogP contribution in [0.15, 0.2) is 48.5 Å². The molecule has 0 bridgehead atoms. The van der Waals surface area contributed by atoms with Crippen LogP contribution in [0.2, 0.25) is 0 Å². The summed E-state index contributed by atoms with van der Waals surface area (Å²) in [5.74, 6) is -0.538. The number of carbonyl (C=O) groups is 3. The molecule has 0 saturated heterocycles. The van der Waals surface area contributed by atoms with Gasteiger partial charge in [0.15, 0.2) is 0 Å². The van der Waals surface area contributed by atoms with Crippen LogP contribution in [0.3, 0.4) is 0 Å². The Bertz CT molecular complexity index is 876. The van der Waals surface area contributed by atoms with Crippen LogP contribution in [0.5, 0.6) is 0 Å². The van der Waals surface area contributed by atoms with E-state index in [1.54, 1.807) is 24.1 Å². The third kappa shape index (κ3) is 3.77. The topological polar surface area (TPSA) is 57.7 Å². The van der Waals surface area contributed by atoms with Crippen molar-refractivity contribution in [2.24, 2.45) is 0 Å². The first-order chi connectivity index (χ1) is 12.9. The highest BCUT2D eigenvalue weighted by Crippen LogP contribution is 2.24. The van der Waals surface area contributed by atoms with E-state index in [4.69, 9.17) is 0 Å². The molecule has 1 aliphatic heterocycles. The predicted molar refractivity (Wildman–Crippen MR) is 103 cm³/mol. The first kappa shape index (κ1) is 18.8. The number of carbonyl (C=O) groups excluding carboxylic acids is 3. The molecule has 1 atom stereocenters. The van der Waals surface area contributed by atoms with Gasteiger partial charge in [-0.15, -0.1) is 0 Å². The minimum atomic E-state index is -0.270. The Labute approximate surface area is 159 Å². The van der Waals surface area contributed by atoms with Crippen molar-refractivity contribution in [1.82, 2.24) is 9.80 Å². The fourth-order valence-corrected chi connectivity index (χ4v) is 3.34. The van der Waals surface area contributed by atoms with Gasteiger partial charge in [-0.3, -0.25) is 19.3 Å². The maximum Gasteiger partial charge on any atom is 0.261 e. The predicted octanol–water partition coefficient (Wildman–Crippen LogP) is 3.59. The van der Waals surface area contributed by atoms with E-state index in [0.717, 1.165) is 11.1 Å². The Morgan fingerprint density at radius 2 is 1.70 bits per heavy atom. The van der Waals surface area contributed by atoms with Gasteiger partial charge in [0.05, 0.1) is 17.2 Å². The quantitative estimate of drug-likeness (QED) is 0.736. The average Bonchev–Trinajstić information content (AvgIpc) is 2.91.